The minimum atomic E-state index is -0.610. The molecule has 0 unspecified atom stereocenters. The third kappa shape index (κ3) is 4.03. The second-order valence-electron chi connectivity index (χ2n) is 5.88. The molecule has 11 heteroatoms. The molecule has 0 spiro atoms. The molecule has 1 aliphatic heterocycles. The van der Waals surface area contributed by atoms with Crippen molar-refractivity contribution < 1.29 is 24.1 Å². The van der Waals surface area contributed by atoms with Gasteiger partial charge in [0.15, 0.2) is 11.5 Å². The van der Waals surface area contributed by atoms with E-state index in [2.05, 4.69) is 10.5 Å². The zero-order chi connectivity index (χ0) is 20.3. The van der Waals surface area contributed by atoms with Gasteiger partial charge in [-0.05, 0) is 18.6 Å². The summed E-state index contributed by atoms with van der Waals surface area (Å²) in [6, 6.07) is 7.12. The van der Waals surface area contributed by atoms with Crippen molar-refractivity contribution in [3.05, 3.63) is 67.3 Å². The molecule has 0 radical (unpaired) electrons. The lowest BCUT2D eigenvalue weighted by Gasteiger charge is -2.04. The monoisotopic (exact) mass is 386 g/mol. The van der Waals surface area contributed by atoms with Crippen LogP contribution < -0.4 is 14.9 Å². The predicted octanol–water partition coefficient (Wildman–Crippen LogP) is 2.23. The van der Waals surface area contributed by atoms with Crippen LogP contribution in [0.1, 0.15) is 16.7 Å². The van der Waals surface area contributed by atoms with E-state index in [4.69, 9.17) is 9.47 Å². The Kier molecular flexibility index (Phi) is 5.16. The average Bonchev–Trinajstić information content (AvgIpc) is 3.09. The van der Waals surface area contributed by atoms with E-state index in [0.29, 0.717) is 11.3 Å². The number of rotatable bonds is 6. The molecule has 144 valence electrons. The van der Waals surface area contributed by atoms with Gasteiger partial charge in [-0.15, -0.1) is 0 Å². The molecule has 1 N–H and O–H groups in total. The summed E-state index contributed by atoms with van der Waals surface area (Å²) in [5.41, 5.74) is 2.82. The van der Waals surface area contributed by atoms with Gasteiger partial charge in [-0.25, -0.2) is 5.43 Å². The van der Waals surface area contributed by atoms with Gasteiger partial charge in [0.25, 0.3) is 11.4 Å². The summed E-state index contributed by atoms with van der Waals surface area (Å²) in [6.45, 7) is 1.67. The predicted molar refractivity (Wildman–Crippen MR) is 96.5 cm³/mol. The summed E-state index contributed by atoms with van der Waals surface area (Å²) in [4.78, 5) is 33.2. The third-order valence-electron chi connectivity index (χ3n) is 3.90. The second kappa shape index (κ2) is 7.70. The molecule has 1 aliphatic rings. The fourth-order valence-electron chi connectivity index (χ4n) is 2.59. The van der Waals surface area contributed by atoms with Crippen molar-refractivity contribution in [2.24, 2.45) is 5.10 Å². The molecule has 0 aromatic heterocycles. The molecule has 0 saturated heterocycles. The van der Waals surface area contributed by atoms with Crippen LogP contribution in [0.2, 0.25) is 0 Å². The fraction of sp³-hybridized carbons (Fsp3) is 0.176. The van der Waals surface area contributed by atoms with Gasteiger partial charge in [0.1, 0.15) is 0 Å². The Morgan fingerprint density at radius 3 is 2.50 bits per heavy atom. The number of hydrazone groups is 1. The van der Waals surface area contributed by atoms with Crippen LogP contribution in [0.4, 0.5) is 11.4 Å². The minimum Gasteiger partial charge on any atom is -0.454 e. The number of hydrogen-bond acceptors (Lipinski definition) is 8. The normalized spacial score (nSPS) is 12.2. The standard InChI is InChI=1S/C17H14N4O7/c1-10-2-3-11(13(4-10)20(23)24)6-17(22)19-18-8-12-5-15-16(28-9-27-15)7-14(12)21(25)26/h2-5,7-8H,6,9H2,1H3,(H,19,22). The Balaban J connectivity index is 1.73. The summed E-state index contributed by atoms with van der Waals surface area (Å²) in [7, 11) is 0. The van der Waals surface area contributed by atoms with Crippen molar-refractivity contribution in [1.82, 2.24) is 5.43 Å². The van der Waals surface area contributed by atoms with Gasteiger partial charge in [0, 0.05) is 11.6 Å². The van der Waals surface area contributed by atoms with Crippen molar-refractivity contribution in [3.8, 4) is 11.5 Å². The maximum absolute atomic E-state index is 12.0. The maximum atomic E-state index is 12.0. The Morgan fingerprint density at radius 2 is 1.82 bits per heavy atom. The van der Waals surface area contributed by atoms with Crippen LogP contribution in [0.3, 0.4) is 0 Å². The summed E-state index contributed by atoms with van der Waals surface area (Å²) >= 11 is 0. The molecule has 1 amide bonds. The van der Waals surface area contributed by atoms with Crippen LogP contribution in [0.15, 0.2) is 35.4 Å². The molecule has 0 atom stereocenters. The van der Waals surface area contributed by atoms with Crippen LogP contribution in [0.25, 0.3) is 0 Å². The highest BCUT2D eigenvalue weighted by atomic mass is 16.7. The molecule has 0 saturated carbocycles. The lowest BCUT2D eigenvalue weighted by atomic mass is 10.1. The number of ether oxygens (including phenoxy) is 2. The van der Waals surface area contributed by atoms with Crippen molar-refractivity contribution >= 4 is 23.5 Å². The maximum Gasteiger partial charge on any atom is 0.282 e. The van der Waals surface area contributed by atoms with Gasteiger partial charge in [-0.3, -0.25) is 25.0 Å². The van der Waals surface area contributed by atoms with E-state index in [9.17, 15) is 25.0 Å². The van der Waals surface area contributed by atoms with E-state index in [1.807, 2.05) is 0 Å². The number of aryl methyl sites for hydroxylation is 1. The van der Waals surface area contributed by atoms with Crippen LogP contribution in [-0.4, -0.2) is 28.8 Å². The van der Waals surface area contributed by atoms with E-state index in [0.717, 1.165) is 6.21 Å². The van der Waals surface area contributed by atoms with Crippen LogP contribution in [0.5, 0.6) is 11.5 Å². The van der Waals surface area contributed by atoms with Gasteiger partial charge in [0.05, 0.1) is 34.1 Å². The molecule has 2 aromatic rings. The topological polar surface area (TPSA) is 146 Å². The van der Waals surface area contributed by atoms with Gasteiger partial charge in [-0.2, -0.15) is 5.10 Å². The minimum absolute atomic E-state index is 0.0425. The lowest BCUT2D eigenvalue weighted by Crippen LogP contribution is -2.20. The van der Waals surface area contributed by atoms with E-state index in [1.165, 1.54) is 24.3 Å². The molecule has 0 aliphatic carbocycles. The number of benzene rings is 2. The highest BCUT2D eigenvalue weighted by molar-refractivity contribution is 5.88. The molecule has 2 aromatic carbocycles. The van der Waals surface area contributed by atoms with Gasteiger partial charge >= 0.3 is 0 Å². The number of nitrogens with zero attached hydrogens (tertiary/aromatic N) is 3. The molecular formula is C17H14N4O7. The number of nitrogens with one attached hydrogen (secondary N) is 1. The molecule has 0 fully saturated rings. The summed E-state index contributed by atoms with van der Waals surface area (Å²) in [5, 5.41) is 26.0. The van der Waals surface area contributed by atoms with E-state index in [-0.39, 0.29) is 41.5 Å². The first kappa shape index (κ1) is 18.8. The molecule has 1 heterocycles. The van der Waals surface area contributed by atoms with Crippen LogP contribution >= 0.6 is 0 Å². The van der Waals surface area contributed by atoms with Gasteiger partial charge in [0.2, 0.25) is 12.7 Å². The first-order valence-electron chi connectivity index (χ1n) is 7.99. The number of nitro groups is 2. The van der Waals surface area contributed by atoms with E-state index in [1.54, 1.807) is 13.0 Å². The number of carbonyl (C=O) groups excluding carboxylic acids is 1. The largest absolute Gasteiger partial charge is 0.454 e. The lowest BCUT2D eigenvalue weighted by molar-refractivity contribution is -0.385. The Morgan fingerprint density at radius 1 is 1.14 bits per heavy atom. The molecule has 3 rings (SSSR count). The van der Waals surface area contributed by atoms with Crippen LogP contribution in [0, 0.1) is 27.2 Å². The summed E-state index contributed by atoms with van der Waals surface area (Å²) in [6.07, 6.45) is 0.832. The van der Waals surface area contributed by atoms with Crippen molar-refractivity contribution in [3.63, 3.8) is 0 Å². The van der Waals surface area contributed by atoms with Crippen molar-refractivity contribution in [1.29, 1.82) is 0 Å². The molecule has 0 bridgehead atoms. The number of nitro benzene ring substituents is 2. The zero-order valence-electron chi connectivity index (χ0n) is 14.6. The quantitative estimate of drug-likeness (QED) is 0.455. The fourth-order valence-corrected chi connectivity index (χ4v) is 2.59. The summed E-state index contributed by atoms with van der Waals surface area (Å²) < 4.78 is 10.3. The second-order valence-corrected chi connectivity index (χ2v) is 5.88. The number of fused-ring (bicyclic) bond motifs is 1. The molecular weight excluding hydrogens is 372 g/mol. The highest BCUT2D eigenvalue weighted by Gasteiger charge is 2.22. The molecule has 11 nitrogen and oxygen atoms in total. The SMILES string of the molecule is Cc1ccc(CC(=O)NN=Cc2cc3c(cc2[N+](=O)[O-])OCO3)c([N+](=O)[O-])c1. The zero-order valence-corrected chi connectivity index (χ0v) is 14.6. The van der Waals surface area contributed by atoms with E-state index >= 15 is 0 Å². The summed E-state index contributed by atoms with van der Waals surface area (Å²) in [5.74, 6) is -0.0279. The van der Waals surface area contributed by atoms with E-state index < -0.39 is 15.8 Å². The van der Waals surface area contributed by atoms with Crippen LogP contribution in [-0.2, 0) is 11.2 Å². The molecule has 28 heavy (non-hydrogen) atoms. The van der Waals surface area contributed by atoms with Crippen molar-refractivity contribution in [2.45, 2.75) is 13.3 Å². The van der Waals surface area contributed by atoms with Gasteiger partial charge < -0.3 is 9.47 Å². The Labute approximate surface area is 157 Å². The van der Waals surface area contributed by atoms with Crippen molar-refractivity contribution in [2.75, 3.05) is 6.79 Å². The third-order valence-corrected chi connectivity index (χ3v) is 3.90. The highest BCUT2D eigenvalue weighted by Crippen LogP contribution is 2.37. The first-order chi connectivity index (χ1) is 13.3. The smallest absolute Gasteiger partial charge is 0.282 e. The first-order valence-corrected chi connectivity index (χ1v) is 7.99. The number of carbonyl (C=O) groups is 1. The Bertz CT molecular complexity index is 1000. The number of amides is 1. The number of hydrogen-bond donors (Lipinski definition) is 1. The Hall–Kier alpha value is -4.02. The average molecular weight is 386 g/mol. The van der Waals surface area contributed by atoms with Gasteiger partial charge in [-0.1, -0.05) is 12.1 Å².